The van der Waals surface area contributed by atoms with Gasteiger partial charge in [-0.15, -0.1) is 0 Å². The molecule has 0 saturated heterocycles. The van der Waals surface area contributed by atoms with Crippen LogP contribution in [0.1, 0.15) is 17.3 Å². The normalized spacial score (nSPS) is 9.83. The van der Waals surface area contributed by atoms with E-state index in [9.17, 15) is 25.0 Å². The molecule has 0 aromatic heterocycles. The molecular formula is C9H9N3O6. The molecule has 1 aromatic carbocycles. The molecule has 0 atom stereocenters. The van der Waals surface area contributed by atoms with E-state index in [1.54, 1.807) is 0 Å². The predicted molar refractivity (Wildman–Crippen MR) is 60.1 cm³/mol. The molecule has 2 N–H and O–H groups in total. The number of nitro benzene ring substituents is 2. The Balaban J connectivity index is 3.45. The van der Waals surface area contributed by atoms with Crippen LogP contribution < -0.4 is 5.73 Å². The van der Waals surface area contributed by atoms with Crippen molar-refractivity contribution in [2.45, 2.75) is 6.92 Å². The number of non-ortho nitro benzene ring substituents is 1. The number of rotatable bonds is 4. The first-order chi connectivity index (χ1) is 8.38. The minimum absolute atomic E-state index is 0.0226. The third-order valence-electron chi connectivity index (χ3n) is 2.05. The van der Waals surface area contributed by atoms with Crippen LogP contribution in [0.4, 0.5) is 17.1 Å². The maximum Gasteiger partial charge on any atom is 0.340 e. The molecule has 0 heterocycles. The van der Waals surface area contributed by atoms with Crippen LogP contribution in [0.15, 0.2) is 12.1 Å². The summed E-state index contributed by atoms with van der Waals surface area (Å²) < 4.78 is 4.61. The van der Waals surface area contributed by atoms with E-state index >= 15 is 0 Å². The van der Waals surface area contributed by atoms with Crippen molar-refractivity contribution in [2.75, 3.05) is 12.3 Å². The average molecular weight is 255 g/mol. The Morgan fingerprint density at radius 3 is 2.39 bits per heavy atom. The van der Waals surface area contributed by atoms with Gasteiger partial charge in [0, 0.05) is 6.07 Å². The molecule has 96 valence electrons. The van der Waals surface area contributed by atoms with Crippen LogP contribution in [0.3, 0.4) is 0 Å². The van der Waals surface area contributed by atoms with Gasteiger partial charge in [-0.05, 0) is 6.92 Å². The Labute approximate surface area is 100 Å². The van der Waals surface area contributed by atoms with Crippen molar-refractivity contribution in [2.24, 2.45) is 0 Å². The highest BCUT2D eigenvalue weighted by atomic mass is 16.6. The summed E-state index contributed by atoms with van der Waals surface area (Å²) in [7, 11) is 0. The van der Waals surface area contributed by atoms with Gasteiger partial charge in [0.05, 0.1) is 28.1 Å². The first-order valence-electron chi connectivity index (χ1n) is 4.77. The van der Waals surface area contributed by atoms with Gasteiger partial charge >= 0.3 is 5.97 Å². The summed E-state index contributed by atoms with van der Waals surface area (Å²) in [6, 6.07) is 1.54. The second kappa shape index (κ2) is 5.08. The summed E-state index contributed by atoms with van der Waals surface area (Å²) in [6.45, 7) is 1.55. The summed E-state index contributed by atoms with van der Waals surface area (Å²) in [5.41, 5.74) is 3.27. The molecule has 1 rings (SSSR count). The van der Waals surface area contributed by atoms with E-state index in [1.807, 2.05) is 0 Å². The lowest BCUT2D eigenvalue weighted by Crippen LogP contribution is -2.10. The van der Waals surface area contributed by atoms with Crippen LogP contribution in [-0.2, 0) is 4.74 Å². The minimum Gasteiger partial charge on any atom is -0.462 e. The van der Waals surface area contributed by atoms with E-state index in [0.717, 1.165) is 6.07 Å². The second-order valence-electron chi connectivity index (χ2n) is 3.16. The number of esters is 1. The van der Waals surface area contributed by atoms with Gasteiger partial charge in [0.1, 0.15) is 5.69 Å². The summed E-state index contributed by atoms with van der Waals surface area (Å²) in [5.74, 6) is -0.943. The molecule has 0 aliphatic rings. The number of anilines is 1. The van der Waals surface area contributed by atoms with Crippen molar-refractivity contribution in [3.63, 3.8) is 0 Å². The zero-order valence-corrected chi connectivity index (χ0v) is 9.28. The lowest BCUT2D eigenvalue weighted by atomic mass is 10.1. The molecule has 0 aliphatic carbocycles. The van der Waals surface area contributed by atoms with Gasteiger partial charge in [0.2, 0.25) is 0 Å². The third kappa shape index (κ3) is 2.51. The first-order valence-corrected chi connectivity index (χ1v) is 4.77. The zero-order valence-electron chi connectivity index (χ0n) is 9.28. The topological polar surface area (TPSA) is 139 Å². The molecule has 0 radical (unpaired) electrons. The maximum atomic E-state index is 11.5. The summed E-state index contributed by atoms with van der Waals surface area (Å²) in [6.07, 6.45) is 0. The van der Waals surface area contributed by atoms with E-state index in [0.29, 0.717) is 6.07 Å². The van der Waals surface area contributed by atoms with Crippen molar-refractivity contribution in [1.82, 2.24) is 0 Å². The Bertz CT molecular complexity index is 527. The highest BCUT2D eigenvalue weighted by molar-refractivity contribution is 5.98. The first kappa shape index (κ1) is 13.4. The van der Waals surface area contributed by atoms with E-state index in [4.69, 9.17) is 5.73 Å². The molecule has 18 heavy (non-hydrogen) atoms. The Morgan fingerprint density at radius 2 is 1.94 bits per heavy atom. The molecule has 0 amide bonds. The number of nitrogens with two attached hydrogens (primary N) is 1. The van der Waals surface area contributed by atoms with Gasteiger partial charge in [0.15, 0.2) is 0 Å². The standard InChI is InChI=1S/C9H9N3O6/c1-2-18-9(13)6-3-5(11(14)15)4-7(8(6)10)12(16)17/h3-4H,2,10H2,1H3. The van der Waals surface area contributed by atoms with Crippen LogP contribution >= 0.6 is 0 Å². The number of hydrogen-bond acceptors (Lipinski definition) is 7. The van der Waals surface area contributed by atoms with Gasteiger partial charge in [-0.2, -0.15) is 0 Å². The van der Waals surface area contributed by atoms with Crippen molar-refractivity contribution < 1.29 is 19.4 Å². The number of ether oxygens (including phenoxy) is 1. The lowest BCUT2D eigenvalue weighted by molar-refractivity contribution is -0.393. The summed E-state index contributed by atoms with van der Waals surface area (Å²) in [4.78, 5) is 31.0. The number of nitrogen functional groups attached to an aromatic ring is 1. The second-order valence-corrected chi connectivity index (χ2v) is 3.16. The van der Waals surface area contributed by atoms with Crippen molar-refractivity contribution >= 4 is 23.0 Å². The fourth-order valence-electron chi connectivity index (χ4n) is 1.26. The largest absolute Gasteiger partial charge is 0.462 e. The Hall–Kier alpha value is -2.71. The van der Waals surface area contributed by atoms with E-state index < -0.39 is 38.4 Å². The molecule has 9 nitrogen and oxygen atoms in total. The number of carbonyl (C=O) groups excluding carboxylic acids is 1. The number of benzene rings is 1. The van der Waals surface area contributed by atoms with E-state index in [-0.39, 0.29) is 6.61 Å². The van der Waals surface area contributed by atoms with Crippen molar-refractivity contribution in [1.29, 1.82) is 0 Å². The fraction of sp³-hybridized carbons (Fsp3) is 0.222. The van der Waals surface area contributed by atoms with Gasteiger partial charge in [-0.1, -0.05) is 0 Å². The van der Waals surface area contributed by atoms with Crippen LogP contribution in [0.5, 0.6) is 0 Å². The van der Waals surface area contributed by atoms with Crippen molar-refractivity contribution in [3.05, 3.63) is 37.9 Å². The lowest BCUT2D eigenvalue weighted by Gasteiger charge is -2.05. The number of hydrogen-bond donors (Lipinski definition) is 1. The Morgan fingerprint density at radius 1 is 1.33 bits per heavy atom. The molecule has 0 bridgehead atoms. The maximum absolute atomic E-state index is 11.5. The number of nitro groups is 2. The Kier molecular flexibility index (Phi) is 3.77. The molecular weight excluding hydrogens is 246 g/mol. The molecule has 1 aromatic rings. The average Bonchev–Trinajstić information content (AvgIpc) is 2.28. The smallest absolute Gasteiger partial charge is 0.340 e. The van der Waals surface area contributed by atoms with Gasteiger partial charge in [-0.3, -0.25) is 20.2 Å². The minimum atomic E-state index is -0.943. The monoisotopic (exact) mass is 255 g/mol. The van der Waals surface area contributed by atoms with Crippen LogP contribution in [-0.4, -0.2) is 22.4 Å². The molecule has 0 unspecified atom stereocenters. The molecule has 9 heteroatoms. The zero-order chi connectivity index (χ0) is 13.9. The van der Waals surface area contributed by atoms with E-state index in [1.165, 1.54) is 6.92 Å². The van der Waals surface area contributed by atoms with Crippen molar-refractivity contribution in [3.8, 4) is 0 Å². The highest BCUT2D eigenvalue weighted by Crippen LogP contribution is 2.31. The quantitative estimate of drug-likeness (QED) is 0.369. The van der Waals surface area contributed by atoms with Gasteiger partial charge in [0.25, 0.3) is 11.4 Å². The molecule has 0 saturated carbocycles. The predicted octanol–water partition coefficient (Wildman–Crippen LogP) is 1.26. The van der Waals surface area contributed by atoms with Crippen LogP contribution in [0, 0.1) is 20.2 Å². The van der Waals surface area contributed by atoms with Crippen LogP contribution in [0.25, 0.3) is 0 Å². The highest BCUT2D eigenvalue weighted by Gasteiger charge is 2.26. The van der Waals surface area contributed by atoms with Crippen LogP contribution in [0.2, 0.25) is 0 Å². The summed E-state index contributed by atoms with van der Waals surface area (Å²) in [5, 5.41) is 21.3. The third-order valence-corrected chi connectivity index (χ3v) is 2.05. The number of nitrogens with zero attached hydrogens (tertiary/aromatic N) is 2. The molecule has 0 aliphatic heterocycles. The molecule has 0 fully saturated rings. The molecule has 0 spiro atoms. The SMILES string of the molecule is CCOC(=O)c1cc([N+](=O)[O-])cc([N+](=O)[O-])c1N. The number of carbonyl (C=O) groups is 1. The van der Waals surface area contributed by atoms with Gasteiger partial charge < -0.3 is 10.5 Å². The fourth-order valence-corrected chi connectivity index (χ4v) is 1.26. The van der Waals surface area contributed by atoms with Gasteiger partial charge in [-0.25, -0.2) is 4.79 Å². The summed E-state index contributed by atoms with van der Waals surface area (Å²) >= 11 is 0. The van der Waals surface area contributed by atoms with E-state index in [2.05, 4.69) is 4.74 Å².